The highest BCUT2D eigenvalue weighted by molar-refractivity contribution is 7.89. The van der Waals surface area contributed by atoms with Crippen LogP contribution in [-0.4, -0.2) is 35.2 Å². The average Bonchev–Trinajstić information content (AvgIpc) is 2.27. The van der Waals surface area contributed by atoms with E-state index in [0.717, 1.165) is 6.26 Å². The molecule has 7 nitrogen and oxygen atoms in total. The van der Waals surface area contributed by atoms with Gasteiger partial charge in [0.1, 0.15) is 0 Å². The Morgan fingerprint density at radius 1 is 1.19 bits per heavy atom. The zero-order valence-corrected chi connectivity index (χ0v) is 14.1. The SMILES string of the molecule is Cc1ccc(N)cc1S(=O)(=O)NCC(C)(C)NS(C)(=O)=O. The van der Waals surface area contributed by atoms with Crippen LogP contribution in [0.1, 0.15) is 19.4 Å². The van der Waals surface area contributed by atoms with Crippen molar-refractivity contribution in [2.45, 2.75) is 31.2 Å². The Labute approximate surface area is 126 Å². The number of benzene rings is 1. The van der Waals surface area contributed by atoms with Gasteiger partial charge in [-0.2, -0.15) is 0 Å². The van der Waals surface area contributed by atoms with E-state index in [1.165, 1.54) is 6.07 Å². The predicted molar refractivity (Wildman–Crippen MR) is 82.8 cm³/mol. The van der Waals surface area contributed by atoms with Gasteiger partial charge in [-0.15, -0.1) is 0 Å². The first-order valence-corrected chi connectivity index (χ1v) is 9.55. The maximum absolute atomic E-state index is 12.3. The van der Waals surface area contributed by atoms with E-state index in [9.17, 15) is 16.8 Å². The molecule has 4 N–H and O–H groups in total. The number of hydrogen-bond acceptors (Lipinski definition) is 5. The van der Waals surface area contributed by atoms with Gasteiger partial charge < -0.3 is 5.73 Å². The molecule has 1 rings (SSSR count). The van der Waals surface area contributed by atoms with Crippen molar-refractivity contribution >= 4 is 25.7 Å². The lowest BCUT2D eigenvalue weighted by molar-refractivity contribution is 0.446. The van der Waals surface area contributed by atoms with E-state index in [4.69, 9.17) is 5.73 Å². The van der Waals surface area contributed by atoms with Crippen molar-refractivity contribution in [3.63, 3.8) is 0 Å². The standard InChI is InChI=1S/C12H21N3O4S2/c1-9-5-6-10(13)7-11(9)21(18,19)14-8-12(2,3)15-20(4,16)17/h5-7,14-15H,8,13H2,1-4H3. The largest absolute Gasteiger partial charge is 0.399 e. The van der Waals surface area contributed by atoms with Crippen LogP contribution in [0.2, 0.25) is 0 Å². The molecule has 0 aliphatic rings. The van der Waals surface area contributed by atoms with E-state index in [0.29, 0.717) is 11.3 Å². The van der Waals surface area contributed by atoms with Crippen LogP contribution in [0.3, 0.4) is 0 Å². The molecule has 0 bridgehead atoms. The highest BCUT2D eigenvalue weighted by Gasteiger charge is 2.26. The van der Waals surface area contributed by atoms with E-state index in [1.54, 1.807) is 32.9 Å². The molecule has 0 amide bonds. The molecule has 9 heteroatoms. The summed E-state index contributed by atoms with van der Waals surface area (Å²) in [6.45, 7) is 4.75. The highest BCUT2D eigenvalue weighted by Crippen LogP contribution is 2.18. The Morgan fingerprint density at radius 3 is 2.29 bits per heavy atom. The summed E-state index contributed by atoms with van der Waals surface area (Å²) < 4.78 is 51.8. The third-order valence-electron chi connectivity index (χ3n) is 2.67. The van der Waals surface area contributed by atoms with E-state index < -0.39 is 25.6 Å². The number of sulfonamides is 2. The van der Waals surface area contributed by atoms with Crippen LogP contribution >= 0.6 is 0 Å². The molecule has 0 unspecified atom stereocenters. The molecule has 0 heterocycles. The Kier molecular flexibility index (Phi) is 5.04. The summed E-state index contributed by atoms with van der Waals surface area (Å²) in [4.78, 5) is 0.0812. The van der Waals surface area contributed by atoms with Gasteiger partial charge in [0.05, 0.1) is 11.2 Å². The van der Waals surface area contributed by atoms with E-state index in [2.05, 4.69) is 9.44 Å². The fourth-order valence-corrected chi connectivity index (χ4v) is 4.36. The second kappa shape index (κ2) is 5.91. The summed E-state index contributed by atoms with van der Waals surface area (Å²) in [5.74, 6) is 0. The first-order chi connectivity index (χ1) is 9.32. The van der Waals surface area contributed by atoms with Crippen LogP contribution in [0.5, 0.6) is 0 Å². The maximum Gasteiger partial charge on any atom is 0.240 e. The summed E-state index contributed by atoms with van der Waals surface area (Å²) in [6.07, 6.45) is 1.02. The zero-order valence-electron chi connectivity index (χ0n) is 12.5. The molecule has 1 aromatic rings. The average molecular weight is 335 g/mol. The smallest absolute Gasteiger partial charge is 0.240 e. The number of nitrogens with one attached hydrogen (secondary N) is 2. The summed E-state index contributed by atoms with van der Waals surface area (Å²) in [5.41, 5.74) is 5.56. The Bertz CT molecular complexity index is 725. The molecule has 120 valence electrons. The van der Waals surface area contributed by atoms with E-state index in [-0.39, 0.29) is 11.4 Å². The number of rotatable bonds is 6. The van der Waals surface area contributed by atoms with Crippen LogP contribution in [0.4, 0.5) is 5.69 Å². The van der Waals surface area contributed by atoms with Gasteiger partial charge in [0.15, 0.2) is 0 Å². The number of nitrogens with two attached hydrogens (primary N) is 1. The van der Waals surface area contributed by atoms with Gasteiger partial charge in [-0.1, -0.05) is 6.07 Å². The van der Waals surface area contributed by atoms with Gasteiger partial charge in [-0.3, -0.25) is 0 Å². The molecule has 0 aliphatic carbocycles. The van der Waals surface area contributed by atoms with E-state index in [1.807, 2.05) is 0 Å². The van der Waals surface area contributed by atoms with Gasteiger partial charge in [0.2, 0.25) is 20.0 Å². The molecule has 0 aromatic heterocycles. The zero-order chi connectivity index (χ0) is 16.5. The molecule has 0 atom stereocenters. The van der Waals surface area contributed by atoms with Crippen molar-refractivity contribution in [2.24, 2.45) is 0 Å². The van der Waals surface area contributed by atoms with Crippen LogP contribution in [0, 0.1) is 6.92 Å². The molecule has 21 heavy (non-hydrogen) atoms. The molecular formula is C12H21N3O4S2. The van der Waals surface area contributed by atoms with Crippen molar-refractivity contribution in [1.82, 2.24) is 9.44 Å². The first-order valence-electron chi connectivity index (χ1n) is 6.17. The van der Waals surface area contributed by atoms with Crippen molar-refractivity contribution < 1.29 is 16.8 Å². The Balaban J connectivity index is 2.94. The fourth-order valence-electron chi connectivity index (χ4n) is 1.80. The van der Waals surface area contributed by atoms with Gasteiger partial charge in [0, 0.05) is 17.8 Å². The topological polar surface area (TPSA) is 118 Å². The van der Waals surface area contributed by atoms with Crippen molar-refractivity contribution in [3.05, 3.63) is 23.8 Å². The fraction of sp³-hybridized carbons (Fsp3) is 0.500. The number of nitrogen functional groups attached to an aromatic ring is 1. The second-order valence-corrected chi connectivity index (χ2v) is 9.09. The van der Waals surface area contributed by atoms with Crippen molar-refractivity contribution in [2.75, 3.05) is 18.5 Å². The summed E-state index contributed by atoms with van der Waals surface area (Å²) >= 11 is 0. The molecule has 0 saturated heterocycles. The van der Waals surface area contributed by atoms with Crippen LogP contribution in [0.15, 0.2) is 23.1 Å². The second-order valence-electron chi connectivity index (χ2n) is 5.61. The van der Waals surface area contributed by atoms with Crippen LogP contribution < -0.4 is 15.2 Å². The minimum Gasteiger partial charge on any atom is -0.399 e. The summed E-state index contributed by atoms with van der Waals surface area (Å²) in [7, 11) is -7.20. The van der Waals surface area contributed by atoms with Gasteiger partial charge in [-0.25, -0.2) is 26.3 Å². The van der Waals surface area contributed by atoms with Crippen LogP contribution in [-0.2, 0) is 20.0 Å². The molecule has 0 radical (unpaired) electrons. The maximum atomic E-state index is 12.3. The Hall–Kier alpha value is -1.16. The number of anilines is 1. The quantitative estimate of drug-likeness (QED) is 0.641. The monoisotopic (exact) mass is 335 g/mol. The molecule has 0 spiro atoms. The molecule has 0 aliphatic heterocycles. The van der Waals surface area contributed by atoms with Crippen molar-refractivity contribution in [1.29, 1.82) is 0 Å². The lowest BCUT2D eigenvalue weighted by Gasteiger charge is -2.25. The molecular weight excluding hydrogens is 314 g/mol. The number of aryl methyl sites for hydroxylation is 1. The summed E-state index contributed by atoms with van der Waals surface area (Å²) in [6, 6.07) is 4.60. The first kappa shape index (κ1) is 17.9. The third kappa shape index (κ3) is 5.62. The lowest BCUT2D eigenvalue weighted by atomic mass is 10.1. The third-order valence-corrected chi connectivity index (χ3v) is 5.13. The van der Waals surface area contributed by atoms with Crippen molar-refractivity contribution in [3.8, 4) is 0 Å². The van der Waals surface area contributed by atoms with Crippen LogP contribution in [0.25, 0.3) is 0 Å². The van der Waals surface area contributed by atoms with E-state index >= 15 is 0 Å². The van der Waals surface area contributed by atoms with Gasteiger partial charge in [0.25, 0.3) is 0 Å². The minimum atomic E-state index is -3.77. The lowest BCUT2D eigenvalue weighted by Crippen LogP contribution is -2.50. The van der Waals surface area contributed by atoms with Gasteiger partial charge in [-0.05, 0) is 38.5 Å². The minimum absolute atomic E-state index is 0.0812. The summed E-state index contributed by atoms with van der Waals surface area (Å²) in [5, 5.41) is 0. The molecule has 1 aromatic carbocycles. The predicted octanol–water partition coefficient (Wildman–Crippen LogP) is 0.183. The number of hydrogen-bond donors (Lipinski definition) is 3. The normalized spacial score (nSPS) is 13.3. The van der Waals surface area contributed by atoms with Gasteiger partial charge >= 0.3 is 0 Å². The Morgan fingerprint density at radius 2 is 1.76 bits per heavy atom. The molecule has 0 fully saturated rings. The molecule has 0 saturated carbocycles. The highest BCUT2D eigenvalue weighted by atomic mass is 32.2.